The molecule has 1 aliphatic rings. The van der Waals surface area contributed by atoms with Crippen LogP contribution in [0.1, 0.15) is 45.4 Å². The summed E-state index contributed by atoms with van der Waals surface area (Å²) in [5.74, 6) is 1.26. The SMILES string of the molecule is CCCCC(O)C1CCCCS1. The molecule has 72 valence electrons. The van der Waals surface area contributed by atoms with Crippen molar-refractivity contribution in [3.05, 3.63) is 0 Å². The number of thioether (sulfide) groups is 1. The van der Waals surface area contributed by atoms with Crippen molar-refractivity contribution in [2.75, 3.05) is 5.75 Å². The summed E-state index contributed by atoms with van der Waals surface area (Å²) in [7, 11) is 0. The highest BCUT2D eigenvalue weighted by Gasteiger charge is 2.21. The Balaban J connectivity index is 2.15. The van der Waals surface area contributed by atoms with Crippen LogP contribution in [0.2, 0.25) is 0 Å². The predicted octanol–water partition coefficient (Wildman–Crippen LogP) is 2.82. The molecule has 1 saturated heterocycles. The van der Waals surface area contributed by atoms with E-state index < -0.39 is 0 Å². The van der Waals surface area contributed by atoms with Crippen molar-refractivity contribution in [2.45, 2.75) is 56.8 Å². The number of aliphatic hydroxyl groups excluding tert-OH is 1. The smallest absolute Gasteiger partial charge is 0.0658 e. The molecule has 1 rings (SSSR count). The molecule has 0 aromatic carbocycles. The van der Waals surface area contributed by atoms with Crippen molar-refractivity contribution in [2.24, 2.45) is 0 Å². The molecule has 2 unspecified atom stereocenters. The van der Waals surface area contributed by atoms with Crippen LogP contribution in [0.4, 0.5) is 0 Å². The molecule has 0 aromatic rings. The van der Waals surface area contributed by atoms with Gasteiger partial charge < -0.3 is 5.11 Å². The van der Waals surface area contributed by atoms with Crippen molar-refractivity contribution < 1.29 is 5.11 Å². The van der Waals surface area contributed by atoms with Crippen molar-refractivity contribution in [1.82, 2.24) is 0 Å². The molecule has 1 heterocycles. The topological polar surface area (TPSA) is 20.2 Å². The van der Waals surface area contributed by atoms with Gasteiger partial charge in [-0.05, 0) is 25.0 Å². The maximum absolute atomic E-state index is 9.78. The molecule has 12 heavy (non-hydrogen) atoms. The third-order valence-electron chi connectivity index (χ3n) is 2.50. The molecule has 0 aliphatic carbocycles. The molecule has 0 radical (unpaired) electrons. The molecule has 0 spiro atoms. The van der Waals surface area contributed by atoms with Gasteiger partial charge in [-0.3, -0.25) is 0 Å². The molecule has 2 atom stereocenters. The molecular weight excluding hydrogens is 168 g/mol. The highest BCUT2D eigenvalue weighted by Crippen LogP contribution is 2.29. The standard InChI is InChI=1S/C10H20OS/c1-2-3-6-9(11)10-7-4-5-8-12-10/h9-11H,2-8H2,1H3. The number of aliphatic hydroxyl groups is 1. The number of unbranched alkanes of at least 4 members (excludes halogenated alkanes) is 1. The summed E-state index contributed by atoms with van der Waals surface area (Å²) in [5, 5.41) is 10.3. The van der Waals surface area contributed by atoms with E-state index in [9.17, 15) is 5.11 Å². The predicted molar refractivity (Wildman–Crippen MR) is 55.6 cm³/mol. The van der Waals surface area contributed by atoms with Crippen LogP contribution in [0.25, 0.3) is 0 Å². The van der Waals surface area contributed by atoms with Gasteiger partial charge in [-0.25, -0.2) is 0 Å². The average Bonchev–Trinajstić information content (AvgIpc) is 2.15. The van der Waals surface area contributed by atoms with Gasteiger partial charge in [0.25, 0.3) is 0 Å². The third-order valence-corrected chi connectivity index (χ3v) is 4.00. The molecule has 2 heteroatoms. The van der Waals surface area contributed by atoms with Crippen LogP contribution in [0.5, 0.6) is 0 Å². The number of rotatable bonds is 4. The van der Waals surface area contributed by atoms with Gasteiger partial charge in [0.15, 0.2) is 0 Å². The molecule has 0 aromatic heterocycles. The second-order valence-electron chi connectivity index (χ2n) is 3.61. The molecule has 1 aliphatic heterocycles. The summed E-state index contributed by atoms with van der Waals surface area (Å²) in [4.78, 5) is 0. The van der Waals surface area contributed by atoms with E-state index in [0.29, 0.717) is 5.25 Å². The van der Waals surface area contributed by atoms with Gasteiger partial charge in [-0.1, -0.05) is 26.2 Å². The number of hydrogen-bond donors (Lipinski definition) is 1. The Morgan fingerprint density at radius 1 is 1.50 bits per heavy atom. The molecule has 1 N–H and O–H groups in total. The average molecular weight is 188 g/mol. The van der Waals surface area contributed by atoms with Gasteiger partial charge in [0.05, 0.1) is 6.10 Å². The van der Waals surface area contributed by atoms with Gasteiger partial charge in [0.1, 0.15) is 0 Å². The van der Waals surface area contributed by atoms with Crippen LogP contribution in [-0.2, 0) is 0 Å². The first-order valence-corrected chi connectivity index (χ1v) is 6.19. The van der Waals surface area contributed by atoms with Crippen LogP contribution in [0.15, 0.2) is 0 Å². The van der Waals surface area contributed by atoms with Crippen LogP contribution in [0.3, 0.4) is 0 Å². The third kappa shape index (κ3) is 3.36. The quantitative estimate of drug-likeness (QED) is 0.732. The largest absolute Gasteiger partial charge is 0.392 e. The van der Waals surface area contributed by atoms with Crippen molar-refractivity contribution >= 4 is 11.8 Å². The Morgan fingerprint density at radius 3 is 2.92 bits per heavy atom. The Hall–Kier alpha value is 0.310. The monoisotopic (exact) mass is 188 g/mol. The van der Waals surface area contributed by atoms with Crippen LogP contribution in [-0.4, -0.2) is 22.2 Å². The van der Waals surface area contributed by atoms with Gasteiger partial charge >= 0.3 is 0 Å². The van der Waals surface area contributed by atoms with Crippen molar-refractivity contribution in [3.8, 4) is 0 Å². The summed E-state index contributed by atoms with van der Waals surface area (Å²) in [6, 6.07) is 0. The first-order valence-electron chi connectivity index (χ1n) is 5.14. The van der Waals surface area contributed by atoms with E-state index in [1.165, 1.54) is 37.9 Å². The van der Waals surface area contributed by atoms with Crippen molar-refractivity contribution in [1.29, 1.82) is 0 Å². The van der Waals surface area contributed by atoms with Gasteiger partial charge in [-0.15, -0.1) is 0 Å². The highest BCUT2D eigenvalue weighted by atomic mass is 32.2. The van der Waals surface area contributed by atoms with E-state index >= 15 is 0 Å². The van der Waals surface area contributed by atoms with E-state index in [1.807, 2.05) is 11.8 Å². The van der Waals surface area contributed by atoms with Crippen LogP contribution < -0.4 is 0 Å². The fourth-order valence-corrected chi connectivity index (χ4v) is 3.03. The van der Waals surface area contributed by atoms with Crippen LogP contribution >= 0.6 is 11.8 Å². The Kier molecular flexibility index (Phi) is 5.08. The van der Waals surface area contributed by atoms with E-state index in [4.69, 9.17) is 0 Å². The first kappa shape index (κ1) is 10.4. The fraction of sp³-hybridized carbons (Fsp3) is 1.00. The van der Waals surface area contributed by atoms with Gasteiger partial charge in [0, 0.05) is 5.25 Å². The maximum Gasteiger partial charge on any atom is 0.0658 e. The van der Waals surface area contributed by atoms with E-state index in [2.05, 4.69) is 6.92 Å². The zero-order chi connectivity index (χ0) is 8.81. The summed E-state index contributed by atoms with van der Waals surface area (Å²) in [5.41, 5.74) is 0. The lowest BCUT2D eigenvalue weighted by Crippen LogP contribution is -2.25. The minimum Gasteiger partial charge on any atom is -0.392 e. The molecular formula is C10H20OS. The Labute approximate surface area is 79.9 Å². The first-order chi connectivity index (χ1) is 5.84. The highest BCUT2D eigenvalue weighted by molar-refractivity contribution is 8.00. The van der Waals surface area contributed by atoms with Crippen LogP contribution in [0, 0.1) is 0 Å². The molecule has 1 nitrogen and oxygen atoms in total. The lowest BCUT2D eigenvalue weighted by Gasteiger charge is -2.25. The maximum atomic E-state index is 9.78. The molecule has 0 amide bonds. The number of hydrogen-bond acceptors (Lipinski definition) is 2. The zero-order valence-electron chi connectivity index (χ0n) is 7.96. The van der Waals surface area contributed by atoms with Crippen molar-refractivity contribution in [3.63, 3.8) is 0 Å². The summed E-state index contributed by atoms with van der Waals surface area (Å²) < 4.78 is 0. The summed E-state index contributed by atoms with van der Waals surface area (Å²) in [6.07, 6.45) is 7.26. The summed E-state index contributed by atoms with van der Waals surface area (Å²) >= 11 is 1.97. The minimum absolute atomic E-state index is 0.0322. The van der Waals surface area contributed by atoms with Gasteiger partial charge in [0.2, 0.25) is 0 Å². The molecule has 0 bridgehead atoms. The normalized spacial score (nSPS) is 27.0. The fourth-order valence-electron chi connectivity index (χ4n) is 1.67. The van der Waals surface area contributed by atoms with E-state index in [1.54, 1.807) is 0 Å². The Bertz CT molecular complexity index is 110. The summed E-state index contributed by atoms with van der Waals surface area (Å²) in [6.45, 7) is 2.18. The Morgan fingerprint density at radius 2 is 2.33 bits per heavy atom. The lowest BCUT2D eigenvalue weighted by molar-refractivity contribution is 0.153. The lowest BCUT2D eigenvalue weighted by atomic mass is 10.0. The zero-order valence-corrected chi connectivity index (χ0v) is 8.78. The second-order valence-corrected chi connectivity index (χ2v) is 4.96. The van der Waals surface area contributed by atoms with E-state index in [-0.39, 0.29) is 6.10 Å². The van der Waals surface area contributed by atoms with E-state index in [0.717, 1.165) is 6.42 Å². The minimum atomic E-state index is -0.0322. The molecule has 0 saturated carbocycles. The second kappa shape index (κ2) is 5.87. The van der Waals surface area contributed by atoms with Gasteiger partial charge in [-0.2, -0.15) is 11.8 Å². The molecule has 1 fully saturated rings.